The van der Waals surface area contributed by atoms with Gasteiger partial charge in [0, 0.05) is 45.7 Å². The van der Waals surface area contributed by atoms with Crippen LogP contribution in [0.3, 0.4) is 0 Å². The normalized spacial score (nSPS) is 10.6. The van der Waals surface area contributed by atoms with Gasteiger partial charge in [0.1, 0.15) is 11.2 Å². The van der Waals surface area contributed by atoms with Gasteiger partial charge in [-0.3, -0.25) is 20.2 Å². The number of ketones is 1. The molecule has 13 heteroatoms. The number of rotatable bonds is 9. The van der Waals surface area contributed by atoms with Crippen molar-refractivity contribution in [3.63, 3.8) is 0 Å². The average Bonchev–Trinajstić information content (AvgIpc) is 3.10. The van der Waals surface area contributed by atoms with E-state index in [1.165, 1.54) is 18.2 Å². The van der Waals surface area contributed by atoms with E-state index in [1.54, 1.807) is 90.1 Å². The number of Topliss-reactive ketones (excluding diaryl/α,β-unsaturated/α-hetero) is 1. The minimum atomic E-state index is -1.29. The Morgan fingerprint density at radius 2 is 0.946 bits per heavy atom. The van der Waals surface area contributed by atoms with E-state index in [2.05, 4.69) is 27.8 Å². The lowest BCUT2D eigenvalue weighted by molar-refractivity contribution is 0.0624. The lowest BCUT2D eigenvalue weighted by Crippen LogP contribution is -2.27. The number of anilines is 3. The van der Waals surface area contributed by atoms with Crippen molar-refractivity contribution in [2.24, 2.45) is 0 Å². The van der Waals surface area contributed by atoms with Crippen LogP contribution in [0.15, 0.2) is 84.9 Å². The molecule has 288 valence electrons. The van der Waals surface area contributed by atoms with Crippen molar-refractivity contribution in [2.45, 2.75) is 59.2 Å². The number of ether oxygens (including phenoxy) is 2. The topological polar surface area (TPSA) is 197 Å². The monoisotopic (exact) mass is 759 g/mol. The van der Waals surface area contributed by atoms with Crippen LogP contribution in [0.2, 0.25) is 0 Å². The maximum Gasteiger partial charge on any atom is 0.412 e. The molecule has 13 nitrogen and oxygen atoms in total. The first-order valence-corrected chi connectivity index (χ1v) is 16.9. The van der Waals surface area contributed by atoms with Gasteiger partial charge in [-0.2, -0.15) is 0 Å². The summed E-state index contributed by atoms with van der Waals surface area (Å²) in [5, 5.41) is 25.5. The standard InChI is InChI=1S/C30H26N2O4.C13H15NO6/c1-6-20-8-10-22(11-9-20)16-27(33)23-17-24(19-26(18-23)32-29(35)36-30(3,4)5)28(34)31-25-14-12-21(7-2)13-15-25;1-13(2,3)20-12(19)14-9-5-7(10(15)16)4-8(6-9)11(17)18/h1-2,8-15,17-19H,16H2,3-5H3,(H,31,34)(H,32,35);4-6H,1-3H3,(H,14,19)(H,15,16)(H,17,18). The van der Waals surface area contributed by atoms with Crippen LogP contribution < -0.4 is 16.0 Å². The van der Waals surface area contributed by atoms with Crippen LogP contribution >= 0.6 is 0 Å². The second-order valence-corrected chi connectivity index (χ2v) is 14.1. The summed E-state index contributed by atoms with van der Waals surface area (Å²) in [5.41, 5.74) is 1.53. The van der Waals surface area contributed by atoms with E-state index < -0.39 is 41.2 Å². The Hall–Kier alpha value is -7.38. The zero-order valence-corrected chi connectivity index (χ0v) is 31.6. The molecule has 0 aliphatic carbocycles. The number of hydrogen-bond donors (Lipinski definition) is 5. The highest BCUT2D eigenvalue weighted by molar-refractivity contribution is 6.08. The Balaban J connectivity index is 0.000000356. The Morgan fingerprint density at radius 3 is 1.36 bits per heavy atom. The van der Waals surface area contributed by atoms with E-state index in [4.69, 9.17) is 32.5 Å². The van der Waals surface area contributed by atoms with Crippen molar-refractivity contribution in [3.05, 3.63) is 124 Å². The van der Waals surface area contributed by atoms with Crippen LogP contribution in [-0.4, -0.2) is 57.2 Å². The van der Waals surface area contributed by atoms with Crippen LogP contribution in [0.5, 0.6) is 0 Å². The van der Waals surface area contributed by atoms with Gasteiger partial charge in [-0.1, -0.05) is 24.0 Å². The number of benzene rings is 4. The van der Waals surface area contributed by atoms with Crippen molar-refractivity contribution >= 4 is 52.9 Å². The fourth-order valence-corrected chi connectivity index (χ4v) is 4.64. The zero-order valence-electron chi connectivity index (χ0n) is 31.6. The van der Waals surface area contributed by atoms with Crippen LogP contribution in [-0.2, 0) is 15.9 Å². The molecule has 0 radical (unpaired) electrons. The van der Waals surface area contributed by atoms with Crippen molar-refractivity contribution < 1.29 is 48.5 Å². The molecular weight excluding hydrogens is 718 g/mol. The van der Waals surface area contributed by atoms with Gasteiger partial charge in [-0.25, -0.2) is 19.2 Å². The van der Waals surface area contributed by atoms with Crippen LogP contribution in [0.25, 0.3) is 0 Å². The number of aromatic carboxylic acids is 2. The molecule has 0 bridgehead atoms. The average molecular weight is 760 g/mol. The smallest absolute Gasteiger partial charge is 0.412 e. The molecule has 4 aromatic rings. The molecule has 3 amide bonds. The predicted octanol–water partition coefficient (Wildman–Crippen LogP) is 8.10. The van der Waals surface area contributed by atoms with Gasteiger partial charge < -0.3 is 25.0 Å². The van der Waals surface area contributed by atoms with E-state index in [1.807, 2.05) is 0 Å². The molecule has 0 aliphatic heterocycles. The number of nitrogens with one attached hydrogen (secondary N) is 3. The first-order chi connectivity index (χ1) is 26.1. The fourth-order valence-electron chi connectivity index (χ4n) is 4.64. The molecule has 5 N–H and O–H groups in total. The summed E-state index contributed by atoms with van der Waals surface area (Å²) in [6, 6.07) is 21.6. The number of carbonyl (C=O) groups excluding carboxylic acids is 4. The van der Waals surface area contributed by atoms with Gasteiger partial charge in [0.2, 0.25) is 0 Å². The molecule has 4 rings (SSSR count). The second kappa shape index (κ2) is 18.6. The molecule has 0 aliphatic rings. The number of terminal acetylenes is 2. The summed E-state index contributed by atoms with van der Waals surface area (Å²) >= 11 is 0. The van der Waals surface area contributed by atoms with E-state index in [9.17, 15) is 28.8 Å². The van der Waals surface area contributed by atoms with Crippen molar-refractivity contribution in [3.8, 4) is 24.7 Å². The summed E-state index contributed by atoms with van der Waals surface area (Å²) in [4.78, 5) is 71.8. The lowest BCUT2D eigenvalue weighted by Gasteiger charge is -2.20. The first kappa shape index (κ1) is 43.0. The van der Waals surface area contributed by atoms with Crippen molar-refractivity contribution in [2.75, 3.05) is 16.0 Å². The van der Waals surface area contributed by atoms with Gasteiger partial charge >= 0.3 is 24.1 Å². The molecule has 0 unspecified atom stereocenters. The van der Waals surface area contributed by atoms with Gasteiger partial charge in [0.15, 0.2) is 5.78 Å². The molecule has 4 aromatic carbocycles. The zero-order chi connectivity index (χ0) is 41.8. The molecule has 56 heavy (non-hydrogen) atoms. The van der Waals surface area contributed by atoms with Crippen LogP contribution in [0, 0.1) is 24.7 Å². The van der Waals surface area contributed by atoms with Gasteiger partial charge in [-0.15, -0.1) is 12.8 Å². The van der Waals surface area contributed by atoms with Gasteiger partial charge in [0.05, 0.1) is 11.1 Å². The molecule has 0 aromatic heterocycles. The van der Waals surface area contributed by atoms with Gasteiger partial charge in [-0.05, 0) is 120 Å². The van der Waals surface area contributed by atoms with Crippen LogP contribution in [0.1, 0.15) is 99.7 Å². The number of carboxylic acid groups (broad SMARTS) is 2. The number of hydrogen-bond acceptors (Lipinski definition) is 8. The summed E-state index contributed by atoms with van der Waals surface area (Å²) < 4.78 is 10.3. The Labute approximate surface area is 324 Å². The SMILES string of the molecule is C#Cc1ccc(CC(=O)c2cc(NC(=O)OC(C)(C)C)cc(C(=O)Nc3ccc(C#C)cc3)c2)cc1.CC(C)(C)OC(=O)Nc1cc(C(=O)O)cc(C(=O)O)c1. The maximum absolute atomic E-state index is 13.1. The fraction of sp³-hybridized carbons (Fsp3) is 0.209. The predicted molar refractivity (Wildman–Crippen MR) is 211 cm³/mol. The molecule has 0 spiro atoms. The third-order valence-electron chi connectivity index (χ3n) is 7.03. The number of amides is 3. The highest BCUT2D eigenvalue weighted by Crippen LogP contribution is 2.21. The molecular formula is C43H41N3O10. The van der Waals surface area contributed by atoms with E-state index >= 15 is 0 Å². The highest BCUT2D eigenvalue weighted by atomic mass is 16.6. The molecule has 0 atom stereocenters. The van der Waals surface area contributed by atoms with E-state index in [-0.39, 0.29) is 45.8 Å². The third kappa shape index (κ3) is 14.2. The summed E-state index contributed by atoms with van der Waals surface area (Å²) in [6.07, 6.45) is 9.37. The minimum Gasteiger partial charge on any atom is -0.478 e. The summed E-state index contributed by atoms with van der Waals surface area (Å²) in [5.74, 6) is 1.78. The maximum atomic E-state index is 13.1. The second-order valence-electron chi connectivity index (χ2n) is 14.1. The molecule has 0 heterocycles. The Kier molecular flexibility index (Phi) is 14.3. The third-order valence-corrected chi connectivity index (χ3v) is 7.03. The van der Waals surface area contributed by atoms with Crippen molar-refractivity contribution in [1.29, 1.82) is 0 Å². The number of carboxylic acids is 2. The molecule has 0 saturated heterocycles. The van der Waals surface area contributed by atoms with E-state index in [0.717, 1.165) is 23.8 Å². The van der Waals surface area contributed by atoms with E-state index in [0.29, 0.717) is 16.8 Å². The van der Waals surface area contributed by atoms with Gasteiger partial charge in [0.25, 0.3) is 5.91 Å². The Bertz CT molecular complexity index is 2090. The largest absolute Gasteiger partial charge is 0.478 e. The highest BCUT2D eigenvalue weighted by Gasteiger charge is 2.20. The first-order valence-electron chi connectivity index (χ1n) is 16.9. The quantitative estimate of drug-likeness (QED) is 0.0821. The van der Waals surface area contributed by atoms with Crippen molar-refractivity contribution in [1.82, 2.24) is 0 Å². The lowest BCUT2D eigenvalue weighted by atomic mass is 9.99. The minimum absolute atomic E-state index is 0.0385. The molecule has 0 fully saturated rings. The molecule has 0 saturated carbocycles. The summed E-state index contributed by atoms with van der Waals surface area (Å²) in [6.45, 7) is 10.2. The Morgan fingerprint density at radius 1 is 0.554 bits per heavy atom. The summed E-state index contributed by atoms with van der Waals surface area (Å²) in [7, 11) is 0. The van der Waals surface area contributed by atoms with Crippen LogP contribution in [0.4, 0.5) is 26.7 Å². The number of carbonyl (C=O) groups is 6.